The van der Waals surface area contributed by atoms with Gasteiger partial charge in [-0.1, -0.05) is 24.3 Å². The van der Waals surface area contributed by atoms with E-state index in [4.69, 9.17) is 11.6 Å². The summed E-state index contributed by atoms with van der Waals surface area (Å²) in [7, 11) is 0. The number of alkyl halides is 4. The molecule has 2 rings (SSSR count). The van der Waals surface area contributed by atoms with Crippen molar-refractivity contribution in [1.29, 1.82) is 0 Å². The predicted molar refractivity (Wildman–Crippen MR) is 69.0 cm³/mol. The molecule has 0 amide bonds. The first-order chi connectivity index (χ1) is 8.47. The number of hydrogen-bond acceptors (Lipinski definition) is 2. The van der Waals surface area contributed by atoms with Gasteiger partial charge in [-0.15, -0.1) is 11.6 Å². The molecule has 18 heavy (non-hydrogen) atoms. The van der Waals surface area contributed by atoms with Crippen LogP contribution in [-0.4, -0.2) is 23.2 Å². The van der Waals surface area contributed by atoms with E-state index in [1.54, 1.807) is 0 Å². The van der Waals surface area contributed by atoms with Crippen LogP contribution in [-0.2, 0) is 6.42 Å². The molecule has 100 valence electrons. The Balaban J connectivity index is 1.87. The summed E-state index contributed by atoms with van der Waals surface area (Å²) in [5.41, 5.74) is -1.87. The lowest BCUT2D eigenvalue weighted by molar-refractivity contribution is -0.0327. The van der Waals surface area contributed by atoms with Crippen LogP contribution in [0.15, 0.2) is 24.3 Å². The van der Waals surface area contributed by atoms with E-state index in [9.17, 15) is 13.2 Å². The van der Waals surface area contributed by atoms with Crippen molar-refractivity contribution in [3.05, 3.63) is 35.4 Å². The average molecular weight is 296 g/mol. The second-order valence-electron chi connectivity index (χ2n) is 4.14. The zero-order valence-corrected chi connectivity index (χ0v) is 11.1. The van der Waals surface area contributed by atoms with Crippen LogP contribution in [0.1, 0.15) is 17.2 Å². The van der Waals surface area contributed by atoms with Crippen molar-refractivity contribution in [2.24, 2.45) is 0 Å². The maximum Gasteiger partial charge on any atom is 0.441 e. The molecule has 0 aliphatic heterocycles. The Labute approximate surface area is 113 Å². The Kier molecular flexibility index (Phi) is 4.45. The molecule has 1 aliphatic rings. The van der Waals surface area contributed by atoms with Gasteiger partial charge >= 0.3 is 5.51 Å². The molecule has 1 aromatic rings. The van der Waals surface area contributed by atoms with E-state index in [2.05, 4.69) is 5.32 Å². The van der Waals surface area contributed by atoms with Crippen molar-refractivity contribution in [2.45, 2.75) is 23.3 Å². The number of nitrogens with one attached hydrogen (secondary N) is 1. The Morgan fingerprint density at radius 2 is 2.06 bits per heavy atom. The second kappa shape index (κ2) is 5.72. The molecule has 1 aliphatic carbocycles. The molecular formula is C12H13ClF3NS. The monoisotopic (exact) mass is 295 g/mol. The maximum atomic E-state index is 12.0. The number of rotatable bonds is 4. The van der Waals surface area contributed by atoms with Gasteiger partial charge in [-0.25, -0.2) is 0 Å². The fourth-order valence-electron chi connectivity index (χ4n) is 2.17. The first-order valence-corrected chi connectivity index (χ1v) is 7.05. The van der Waals surface area contributed by atoms with Crippen molar-refractivity contribution in [3.63, 3.8) is 0 Å². The van der Waals surface area contributed by atoms with E-state index in [0.29, 0.717) is 6.54 Å². The zero-order chi connectivity index (χ0) is 13.2. The molecule has 2 atom stereocenters. The van der Waals surface area contributed by atoms with Gasteiger partial charge in [0.05, 0.1) is 5.38 Å². The van der Waals surface area contributed by atoms with E-state index in [-0.39, 0.29) is 28.9 Å². The highest BCUT2D eigenvalue weighted by atomic mass is 35.5. The first-order valence-electron chi connectivity index (χ1n) is 5.63. The van der Waals surface area contributed by atoms with Crippen molar-refractivity contribution >= 4 is 23.4 Å². The third kappa shape index (κ3) is 3.56. The van der Waals surface area contributed by atoms with E-state index in [0.717, 1.165) is 12.0 Å². The molecule has 1 N–H and O–H groups in total. The summed E-state index contributed by atoms with van der Waals surface area (Å²) in [6.07, 6.45) is 0.766. The van der Waals surface area contributed by atoms with E-state index in [1.807, 2.05) is 24.3 Å². The lowest BCUT2D eigenvalue weighted by atomic mass is 10.1. The highest BCUT2D eigenvalue weighted by molar-refractivity contribution is 8.00. The van der Waals surface area contributed by atoms with Gasteiger partial charge in [0, 0.05) is 18.3 Å². The van der Waals surface area contributed by atoms with Crippen molar-refractivity contribution < 1.29 is 13.2 Å². The average Bonchev–Trinajstić information content (AvgIpc) is 2.59. The summed E-state index contributed by atoms with van der Waals surface area (Å²) in [5, 5.41) is 3.02. The summed E-state index contributed by atoms with van der Waals surface area (Å²) >= 11 is 6.21. The van der Waals surface area contributed by atoms with Crippen LogP contribution >= 0.6 is 23.4 Å². The smallest absolute Gasteiger partial charge is 0.308 e. The van der Waals surface area contributed by atoms with Crippen LogP contribution in [0.3, 0.4) is 0 Å². The Hall–Kier alpha value is -0.390. The highest BCUT2D eigenvalue weighted by Gasteiger charge is 2.31. The van der Waals surface area contributed by atoms with E-state index >= 15 is 0 Å². The van der Waals surface area contributed by atoms with Crippen LogP contribution < -0.4 is 5.32 Å². The minimum absolute atomic E-state index is 0.00573. The quantitative estimate of drug-likeness (QED) is 0.671. The van der Waals surface area contributed by atoms with Gasteiger partial charge in [0.25, 0.3) is 0 Å². The fourth-order valence-corrected chi connectivity index (χ4v) is 3.01. The molecule has 0 bridgehead atoms. The largest absolute Gasteiger partial charge is 0.441 e. The van der Waals surface area contributed by atoms with E-state index in [1.165, 1.54) is 5.56 Å². The highest BCUT2D eigenvalue weighted by Crippen LogP contribution is 2.35. The van der Waals surface area contributed by atoms with Gasteiger partial charge in [-0.2, -0.15) is 13.2 Å². The predicted octanol–water partition coefficient (Wildman–Crippen LogP) is 3.73. The summed E-state index contributed by atoms with van der Waals surface area (Å²) in [5.74, 6) is 0.00573. The molecule has 2 unspecified atom stereocenters. The first kappa shape index (κ1) is 14.0. The molecule has 1 nitrogen and oxygen atoms in total. The van der Waals surface area contributed by atoms with Crippen molar-refractivity contribution in [2.75, 3.05) is 12.3 Å². The molecule has 0 aromatic heterocycles. The second-order valence-corrected chi connectivity index (χ2v) is 5.87. The Morgan fingerprint density at radius 3 is 2.78 bits per heavy atom. The van der Waals surface area contributed by atoms with Gasteiger partial charge in [0.1, 0.15) is 0 Å². The molecular weight excluding hydrogens is 283 g/mol. The lowest BCUT2D eigenvalue weighted by Crippen LogP contribution is -2.28. The molecule has 0 radical (unpaired) electrons. The van der Waals surface area contributed by atoms with Crippen LogP contribution in [0.25, 0.3) is 0 Å². The topological polar surface area (TPSA) is 12.0 Å². The van der Waals surface area contributed by atoms with Gasteiger partial charge in [0.2, 0.25) is 0 Å². The van der Waals surface area contributed by atoms with Crippen LogP contribution in [0.2, 0.25) is 0 Å². The Morgan fingerprint density at radius 1 is 1.33 bits per heavy atom. The molecule has 6 heteroatoms. The van der Waals surface area contributed by atoms with Gasteiger partial charge in [-0.3, -0.25) is 0 Å². The minimum atomic E-state index is -4.16. The van der Waals surface area contributed by atoms with Gasteiger partial charge < -0.3 is 5.32 Å². The molecule has 0 saturated carbocycles. The third-order valence-electron chi connectivity index (χ3n) is 2.90. The van der Waals surface area contributed by atoms with Crippen molar-refractivity contribution in [3.8, 4) is 0 Å². The summed E-state index contributed by atoms with van der Waals surface area (Å²) in [6, 6.07) is 7.82. The van der Waals surface area contributed by atoms with Crippen LogP contribution in [0, 0.1) is 0 Å². The SMILES string of the molecule is FC(F)(F)SCCNC1c2ccccc2CC1Cl. The van der Waals surface area contributed by atoms with Gasteiger partial charge in [-0.05, 0) is 29.3 Å². The normalized spacial score (nSPS) is 23.1. The fraction of sp³-hybridized carbons (Fsp3) is 0.500. The van der Waals surface area contributed by atoms with E-state index < -0.39 is 5.51 Å². The number of thioether (sulfide) groups is 1. The van der Waals surface area contributed by atoms with Gasteiger partial charge in [0.15, 0.2) is 0 Å². The molecule has 0 spiro atoms. The summed E-state index contributed by atoms with van der Waals surface area (Å²) in [6.45, 7) is 0.298. The van der Waals surface area contributed by atoms with Crippen LogP contribution in [0.5, 0.6) is 0 Å². The minimum Gasteiger partial charge on any atom is -0.308 e. The lowest BCUT2D eigenvalue weighted by Gasteiger charge is -2.17. The number of benzene rings is 1. The third-order valence-corrected chi connectivity index (χ3v) is 4.04. The zero-order valence-electron chi connectivity index (χ0n) is 9.51. The molecule has 1 aromatic carbocycles. The standard InChI is InChI=1S/C12H13ClF3NS/c13-10-7-8-3-1-2-4-9(8)11(10)17-5-6-18-12(14,15)16/h1-4,10-11,17H,5-7H2. The number of fused-ring (bicyclic) bond motifs is 1. The Bertz CT molecular complexity index is 411. The maximum absolute atomic E-state index is 12.0. The molecule has 0 heterocycles. The number of hydrogen-bond donors (Lipinski definition) is 1. The number of halogens is 4. The molecule has 0 saturated heterocycles. The summed E-state index contributed by atoms with van der Waals surface area (Å²) in [4.78, 5) is 0. The van der Waals surface area contributed by atoms with Crippen molar-refractivity contribution in [1.82, 2.24) is 5.32 Å². The van der Waals surface area contributed by atoms with Crippen LogP contribution in [0.4, 0.5) is 13.2 Å². The summed E-state index contributed by atoms with van der Waals surface area (Å²) < 4.78 is 35.9. The molecule has 0 fully saturated rings.